The van der Waals surface area contributed by atoms with E-state index in [-0.39, 0.29) is 16.7 Å². The van der Waals surface area contributed by atoms with Crippen molar-refractivity contribution in [1.82, 2.24) is 9.62 Å². The van der Waals surface area contributed by atoms with Crippen molar-refractivity contribution in [3.05, 3.63) is 29.8 Å². The Balaban J connectivity index is 2.15. The van der Waals surface area contributed by atoms with Crippen LogP contribution in [0, 0.1) is 11.8 Å². The molecule has 1 heterocycles. The summed E-state index contributed by atoms with van der Waals surface area (Å²) in [6, 6.07) is 6.22. The second kappa shape index (κ2) is 8.32. The summed E-state index contributed by atoms with van der Waals surface area (Å²) in [4.78, 5) is 14.6. The highest BCUT2D eigenvalue weighted by Gasteiger charge is 2.32. The molecule has 0 bridgehead atoms. The Morgan fingerprint density at radius 3 is 2.12 bits per heavy atom. The van der Waals surface area contributed by atoms with Crippen molar-refractivity contribution in [2.24, 2.45) is 11.8 Å². The van der Waals surface area contributed by atoms with Crippen LogP contribution in [0.2, 0.25) is 0 Å². The van der Waals surface area contributed by atoms with Gasteiger partial charge in [-0.25, -0.2) is 8.42 Å². The lowest BCUT2D eigenvalue weighted by Gasteiger charge is -2.26. The molecule has 1 aromatic rings. The van der Waals surface area contributed by atoms with Gasteiger partial charge in [0.25, 0.3) is 0 Å². The maximum absolute atomic E-state index is 12.7. The van der Waals surface area contributed by atoms with E-state index >= 15 is 0 Å². The Morgan fingerprint density at radius 2 is 1.64 bits per heavy atom. The van der Waals surface area contributed by atoms with E-state index < -0.39 is 16.1 Å². The van der Waals surface area contributed by atoms with Crippen molar-refractivity contribution in [2.75, 3.05) is 13.1 Å². The lowest BCUT2D eigenvalue weighted by Crippen LogP contribution is -2.50. The first-order valence-corrected chi connectivity index (χ1v) is 10.6. The molecule has 140 valence electrons. The molecule has 0 unspecified atom stereocenters. The zero-order chi connectivity index (χ0) is 18.6. The summed E-state index contributed by atoms with van der Waals surface area (Å²) in [6.45, 7) is 9.42. The SMILES string of the molecule is CC(C)Cc1ccc(S(=O)(=O)N[C@H](C(=O)N2CCCC2)C(C)C)cc1. The molecular formula is C19H30N2O3S. The number of nitrogens with one attached hydrogen (secondary N) is 1. The van der Waals surface area contributed by atoms with E-state index in [0.717, 1.165) is 24.8 Å². The van der Waals surface area contributed by atoms with E-state index in [2.05, 4.69) is 18.6 Å². The quantitative estimate of drug-likeness (QED) is 0.807. The average molecular weight is 367 g/mol. The molecular weight excluding hydrogens is 336 g/mol. The first-order valence-electron chi connectivity index (χ1n) is 9.11. The molecule has 0 aromatic heterocycles. The number of amides is 1. The van der Waals surface area contributed by atoms with Gasteiger partial charge in [-0.3, -0.25) is 4.79 Å². The number of carbonyl (C=O) groups excluding carboxylic acids is 1. The van der Waals surface area contributed by atoms with Gasteiger partial charge >= 0.3 is 0 Å². The highest BCUT2D eigenvalue weighted by Crippen LogP contribution is 2.18. The fraction of sp³-hybridized carbons (Fsp3) is 0.632. The topological polar surface area (TPSA) is 66.5 Å². The molecule has 1 fully saturated rings. The van der Waals surface area contributed by atoms with E-state index in [1.165, 1.54) is 0 Å². The van der Waals surface area contributed by atoms with Crippen LogP contribution in [0.25, 0.3) is 0 Å². The molecule has 1 amide bonds. The van der Waals surface area contributed by atoms with Crippen LogP contribution >= 0.6 is 0 Å². The third-order valence-electron chi connectivity index (χ3n) is 4.51. The molecule has 5 nitrogen and oxygen atoms in total. The Bertz CT molecular complexity index is 675. The molecule has 0 saturated carbocycles. The van der Waals surface area contributed by atoms with Crippen LogP contribution in [0.15, 0.2) is 29.2 Å². The highest BCUT2D eigenvalue weighted by molar-refractivity contribution is 7.89. The summed E-state index contributed by atoms with van der Waals surface area (Å²) >= 11 is 0. The van der Waals surface area contributed by atoms with Gasteiger partial charge in [-0.1, -0.05) is 39.8 Å². The minimum atomic E-state index is -3.72. The predicted octanol–water partition coefficient (Wildman–Crippen LogP) is 2.81. The first kappa shape index (κ1) is 19.9. The lowest BCUT2D eigenvalue weighted by atomic mass is 10.0. The molecule has 1 aliphatic rings. The fourth-order valence-electron chi connectivity index (χ4n) is 3.12. The Labute approximate surface area is 151 Å². The summed E-state index contributed by atoms with van der Waals surface area (Å²) in [7, 11) is -3.72. The number of benzene rings is 1. The van der Waals surface area contributed by atoms with Crippen LogP contribution in [-0.2, 0) is 21.2 Å². The summed E-state index contributed by atoms with van der Waals surface area (Å²) in [5.74, 6) is 0.291. The molecule has 1 aromatic carbocycles. The normalized spacial score (nSPS) is 16.6. The van der Waals surface area contributed by atoms with Crippen LogP contribution in [0.4, 0.5) is 0 Å². The smallest absolute Gasteiger partial charge is 0.241 e. The van der Waals surface area contributed by atoms with Crippen LogP contribution in [0.3, 0.4) is 0 Å². The fourth-order valence-corrected chi connectivity index (χ4v) is 4.45. The third kappa shape index (κ3) is 5.28. The Hall–Kier alpha value is -1.40. The van der Waals surface area contributed by atoms with E-state index in [9.17, 15) is 13.2 Å². The van der Waals surface area contributed by atoms with Crippen LogP contribution < -0.4 is 4.72 Å². The van der Waals surface area contributed by atoms with Crippen LogP contribution in [0.5, 0.6) is 0 Å². The molecule has 1 N–H and O–H groups in total. The molecule has 1 atom stereocenters. The van der Waals surface area contributed by atoms with Crippen molar-refractivity contribution < 1.29 is 13.2 Å². The van der Waals surface area contributed by atoms with Crippen molar-refractivity contribution in [3.8, 4) is 0 Å². The molecule has 2 rings (SSSR count). The average Bonchev–Trinajstić information content (AvgIpc) is 3.06. The Morgan fingerprint density at radius 1 is 1.08 bits per heavy atom. The van der Waals surface area contributed by atoms with E-state index in [1.807, 2.05) is 26.0 Å². The van der Waals surface area contributed by atoms with E-state index in [4.69, 9.17) is 0 Å². The number of sulfonamides is 1. The highest BCUT2D eigenvalue weighted by atomic mass is 32.2. The Kier molecular flexibility index (Phi) is 6.63. The molecule has 25 heavy (non-hydrogen) atoms. The standard InChI is InChI=1S/C19H30N2O3S/c1-14(2)13-16-7-9-17(10-8-16)25(23,24)20-18(15(3)4)19(22)21-11-5-6-12-21/h7-10,14-15,18,20H,5-6,11-13H2,1-4H3/t18-/m0/s1. The van der Waals surface area contributed by atoms with Gasteiger partial charge in [-0.05, 0) is 48.8 Å². The molecule has 0 aliphatic carbocycles. The largest absolute Gasteiger partial charge is 0.341 e. The van der Waals surface area contributed by atoms with Gasteiger partial charge < -0.3 is 4.90 Å². The zero-order valence-corrected chi connectivity index (χ0v) is 16.5. The van der Waals surface area contributed by atoms with Gasteiger partial charge in [0.1, 0.15) is 6.04 Å². The molecule has 6 heteroatoms. The maximum atomic E-state index is 12.7. The van der Waals surface area contributed by atoms with Gasteiger partial charge in [0.05, 0.1) is 4.90 Å². The number of hydrogen-bond acceptors (Lipinski definition) is 3. The summed E-state index contributed by atoms with van der Waals surface area (Å²) in [5, 5.41) is 0. The van der Waals surface area contributed by atoms with E-state index in [0.29, 0.717) is 19.0 Å². The number of carbonyl (C=O) groups is 1. The zero-order valence-electron chi connectivity index (χ0n) is 15.7. The van der Waals surface area contributed by atoms with Gasteiger partial charge in [-0.15, -0.1) is 0 Å². The monoisotopic (exact) mass is 366 g/mol. The second-order valence-corrected chi connectivity index (χ2v) is 9.33. The van der Waals surface area contributed by atoms with Gasteiger partial charge in [0, 0.05) is 13.1 Å². The lowest BCUT2D eigenvalue weighted by molar-refractivity contribution is -0.132. The third-order valence-corrected chi connectivity index (χ3v) is 5.97. The molecule has 0 radical (unpaired) electrons. The molecule has 1 aliphatic heterocycles. The van der Waals surface area contributed by atoms with Gasteiger partial charge in [0.2, 0.25) is 15.9 Å². The second-order valence-electron chi connectivity index (χ2n) is 7.62. The number of likely N-dealkylation sites (tertiary alicyclic amines) is 1. The number of hydrogen-bond donors (Lipinski definition) is 1. The van der Waals surface area contributed by atoms with Crippen molar-refractivity contribution in [2.45, 2.75) is 57.9 Å². The number of rotatable bonds is 7. The molecule has 1 saturated heterocycles. The minimum absolute atomic E-state index is 0.108. The van der Waals surface area contributed by atoms with Crippen molar-refractivity contribution in [1.29, 1.82) is 0 Å². The van der Waals surface area contributed by atoms with E-state index in [1.54, 1.807) is 17.0 Å². The molecule has 0 spiro atoms. The number of nitrogens with zero attached hydrogens (tertiary/aromatic N) is 1. The first-order chi connectivity index (χ1) is 11.7. The summed E-state index contributed by atoms with van der Waals surface area (Å²) < 4.78 is 28.1. The van der Waals surface area contributed by atoms with Crippen molar-refractivity contribution >= 4 is 15.9 Å². The van der Waals surface area contributed by atoms with Gasteiger partial charge in [-0.2, -0.15) is 4.72 Å². The predicted molar refractivity (Wildman–Crippen MR) is 99.7 cm³/mol. The minimum Gasteiger partial charge on any atom is -0.341 e. The van der Waals surface area contributed by atoms with Gasteiger partial charge in [0.15, 0.2) is 0 Å². The van der Waals surface area contributed by atoms with Crippen LogP contribution in [-0.4, -0.2) is 38.4 Å². The maximum Gasteiger partial charge on any atom is 0.241 e. The van der Waals surface area contributed by atoms with Crippen molar-refractivity contribution in [3.63, 3.8) is 0 Å². The summed E-state index contributed by atoms with van der Waals surface area (Å²) in [5.41, 5.74) is 1.11. The van der Waals surface area contributed by atoms with Crippen LogP contribution in [0.1, 0.15) is 46.1 Å². The summed E-state index contributed by atoms with van der Waals surface area (Å²) in [6.07, 6.45) is 2.89.